The predicted octanol–water partition coefficient (Wildman–Crippen LogP) is 18.4. The minimum Gasteiger partial charge on any atom is -0.309 e. The monoisotopic (exact) mass is 837 g/mol. The molecule has 1 heteroatoms. The molecule has 0 radical (unpaired) electrons. The summed E-state index contributed by atoms with van der Waals surface area (Å²) in [6.45, 7) is 13.9. The van der Waals surface area contributed by atoms with E-state index in [1.807, 2.05) is 0 Å². The zero-order valence-electron chi connectivity index (χ0n) is 38.3. The molecule has 0 bridgehead atoms. The molecule has 0 aliphatic heterocycles. The van der Waals surface area contributed by atoms with Gasteiger partial charge in [-0.2, -0.15) is 0 Å². The van der Waals surface area contributed by atoms with Gasteiger partial charge in [0.15, 0.2) is 0 Å². The molecule has 0 aliphatic carbocycles. The Kier molecular flexibility index (Phi) is 10.8. The Bertz CT molecular complexity index is 3120. The largest absolute Gasteiger partial charge is 0.309 e. The maximum atomic E-state index is 2.55. The molecule has 0 heterocycles. The summed E-state index contributed by atoms with van der Waals surface area (Å²) in [5.41, 5.74) is 17.9. The van der Waals surface area contributed by atoms with E-state index < -0.39 is 0 Å². The van der Waals surface area contributed by atoms with Crippen LogP contribution in [0.15, 0.2) is 224 Å². The van der Waals surface area contributed by atoms with Crippen molar-refractivity contribution in [2.45, 2.75) is 52.4 Å². The lowest BCUT2D eigenvalue weighted by Gasteiger charge is -2.33. The normalized spacial score (nSPS) is 11.8. The molecule has 0 saturated heterocycles. The van der Waals surface area contributed by atoms with Crippen molar-refractivity contribution in [3.05, 3.63) is 236 Å². The van der Waals surface area contributed by atoms with E-state index in [1.54, 1.807) is 0 Å². The van der Waals surface area contributed by atoms with Crippen molar-refractivity contribution < 1.29 is 0 Å². The summed E-state index contributed by atoms with van der Waals surface area (Å²) in [5.74, 6) is 0. The summed E-state index contributed by atoms with van der Waals surface area (Å²) in [7, 11) is 0. The average Bonchev–Trinajstić information content (AvgIpc) is 3.34. The highest BCUT2D eigenvalue weighted by atomic mass is 15.1. The second-order valence-electron chi connectivity index (χ2n) is 19.3. The van der Waals surface area contributed by atoms with Crippen LogP contribution in [0.4, 0.5) is 17.1 Å². The quantitative estimate of drug-likeness (QED) is 0.147. The Balaban J connectivity index is 1.30. The van der Waals surface area contributed by atoms with Gasteiger partial charge in [-0.15, -0.1) is 0 Å². The average molecular weight is 838 g/mol. The van der Waals surface area contributed by atoms with Gasteiger partial charge in [-0.3, -0.25) is 0 Å². The van der Waals surface area contributed by atoms with E-state index in [-0.39, 0.29) is 10.8 Å². The zero-order valence-corrected chi connectivity index (χ0v) is 38.3. The van der Waals surface area contributed by atoms with Crippen LogP contribution < -0.4 is 4.90 Å². The number of benzene rings is 10. The molecule has 0 aliphatic rings. The molecule has 0 unspecified atom stereocenters. The van der Waals surface area contributed by atoms with Crippen LogP contribution in [-0.2, 0) is 10.8 Å². The van der Waals surface area contributed by atoms with E-state index in [4.69, 9.17) is 0 Å². The second-order valence-corrected chi connectivity index (χ2v) is 19.3. The molecule has 0 spiro atoms. The van der Waals surface area contributed by atoms with Crippen LogP contribution in [0.5, 0.6) is 0 Å². The first-order valence-electron chi connectivity index (χ1n) is 22.9. The highest BCUT2D eigenvalue weighted by molar-refractivity contribution is 6.12. The van der Waals surface area contributed by atoms with Crippen molar-refractivity contribution in [2.75, 3.05) is 4.90 Å². The van der Waals surface area contributed by atoms with Crippen LogP contribution in [0.1, 0.15) is 52.7 Å². The molecule has 10 rings (SSSR count). The third-order valence-corrected chi connectivity index (χ3v) is 13.0. The molecule has 0 fully saturated rings. The third-order valence-electron chi connectivity index (χ3n) is 13.0. The molecule has 316 valence electrons. The number of rotatable bonds is 8. The SMILES string of the molecule is CC(C)(C)c1cc(-c2ccccc2N(c2ccccc2-c2cccc3cccc(-c4ccccc4)c23)c2ccccc2-c2cccc3cccc(-c4ccccc4)c23)cc(C(C)(C)C)c1. The van der Waals surface area contributed by atoms with Crippen LogP contribution in [-0.4, -0.2) is 0 Å². The van der Waals surface area contributed by atoms with Gasteiger partial charge in [0.2, 0.25) is 0 Å². The van der Waals surface area contributed by atoms with E-state index in [0.717, 1.165) is 28.2 Å². The summed E-state index contributed by atoms with van der Waals surface area (Å²) in [6.07, 6.45) is 0. The fraction of sp³-hybridized carbons (Fsp3) is 0.125. The lowest BCUT2D eigenvalue weighted by atomic mass is 9.78. The van der Waals surface area contributed by atoms with Gasteiger partial charge >= 0.3 is 0 Å². The Morgan fingerprint density at radius 2 is 0.585 bits per heavy atom. The minimum absolute atomic E-state index is 0.0422. The van der Waals surface area contributed by atoms with Gasteiger partial charge in [-0.05, 0) is 101 Å². The molecule has 10 aromatic rings. The van der Waals surface area contributed by atoms with Crippen molar-refractivity contribution in [1.29, 1.82) is 0 Å². The fourth-order valence-corrected chi connectivity index (χ4v) is 9.59. The van der Waals surface area contributed by atoms with Crippen molar-refractivity contribution in [1.82, 2.24) is 0 Å². The summed E-state index contributed by atoms with van der Waals surface area (Å²) < 4.78 is 0. The van der Waals surface area contributed by atoms with Gasteiger partial charge in [0, 0.05) is 16.7 Å². The zero-order chi connectivity index (χ0) is 44.7. The van der Waals surface area contributed by atoms with E-state index in [0.29, 0.717) is 0 Å². The Hall–Kier alpha value is -7.48. The smallest absolute Gasteiger partial charge is 0.0540 e. The molecule has 1 nitrogen and oxygen atoms in total. The van der Waals surface area contributed by atoms with Gasteiger partial charge in [0.25, 0.3) is 0 Å². The molecule has 0 aromatic heterocycles. The highest BCUT2D eigenvalue weighted by Crippen LogP contribution is 2.51. The first-order valence-corrected chi connectivity index (χ1v) is 22.9. The molecule has 65 heavy (non-hydrogen) atoms. The Morgan fingerprint density at radius 1 is 0.262 bits per heavy atom. The first kappa shape index (κ1) is 41.5. The summed E-state index contributed by atoms with van der Waals surface area (Å²) >= 11 is 0. The Morgan fingerprint density at radius 3 is 0.985 bits per heavy atom. The predicted molar refractivity (Wildman–Crippen MR) is 281 cm³/mol. The number of nitrogens with zero attached hydrogens (tertiary/aromatic N) is 1. The summed E-state index contributed by atoms with van der Waals surface area (Å²) in [6, 6.07) is 82.9. The van der Waals surface area contributed by atoms with Gasteiger partial charge in [0.05, 0.1) is 17.1 Å². The molecule has 0 atom stereocenters. The summed E-state index contributed by atoms with van der Waals surface area (Å²) in [5, 5.41) is 4.90. The second kappa shape index (κ2) is 16.9. The van der Waals surface area contributed by atoms with E-state index in [1.165, 1.54) is 77.2 Å². The maximum absolute atomic E-state index is 2.55. The summed E-state index contributed by atoms with van der Waals surface area (Å²) in [4.78, 5) is 2.55. The van der Waals surface area contributed by atoms with E-state index in [9.17, 15) is 0 Å². The molecular formula is C64H55N. The van der Waals surface area contributed by atoms with Crippen LogP contribution in [0, 0.1) is 0 Å². The van der Waals surface area contributed by atoms with E-state index in [2.05, 4.69) is 271 Å². The third kappa shape index (κ3) is 7.93. The van der Waals surface area contributed by atoms with Crippen molar-refractivity contribution >= 4 is 38.6 Å². The molecule has 0 N–H and O–H groups in total. The van der Waals surface area contributed by atoms with Crippen LogP contribution >= 0.6 is 0 Å². The number of fused-ring (bicyclic) bond motifs is 2. The van der Waals surface area contributed by atoms with Crippen LogP contribution in [0.3, 0.4) is 0 Å². The molecule has 0 saturated carbocycles. The lowest BCUT2D eigenvalue weighted by Crippen LogP contribution is -2.17. The standard InChI is InChI=1S/C64H55N/c1-63(2,3)49-41-48(42-50(43-49)64(4,5)6)51-31-13-16-38-58(51)65(59-39-17-14-32-54(59)56-36-21-29-46-27-19-34-52(61(46)56)44-23-9-7-10-24-44)60-40-18-15-33-55(60)57-37-22-30-47-28-20-35-53(62(47)57)45-25-11-8-12-26-45/h7-43H,1-6H3. The Labute approximate surface area is 385 Å². The number of hydrogen-bond donors (Lipinski definition) is 0. The lowest BCUT2D eigenvalue weighted by molar-refractivity contribution is 0.569. The first-order chi connectivity index (χ1) is 31.5. The van der Waals surface area contributed by atoms with Crippen molar-refractivity contribution in [2.24, 2.45) is 0 Å². The van der Waals surface area contributed by atoms with Crippen molar-refractivity contribution in [3.63, 3.8) is 0 Å². The molecule has 10 aromatic carbocycles. The molecule has 0 amide bonds. The minimum atomic E-state index is -0.0422. The van der Waals surface area contributed by atoms with Crippen LogP contribution in [0.25, 0.3) is 77.2 Å². The van der Waals surface area contributed by atoms with Crippen molar-refractivity contribution in [3.8, 4) is 55.6 Å². The maximum Gasteiger partial charge on any atom is 0.0540 e. The van der Waals surface area contributed by atoms with E-state index >= 15 is 0 Å². The van der Waals surface area contributed by atoms with Gasteiger partial charge in [-0.25, -0.2) is 0 Å². The number of anilines is 3. The number of para-hydroxylation sites is 3. The van der Waals surface area contributed by atoms with Gasteiger partial charge < -0.3 is 4.90 Å². The van der Waals surface area contributed by atoms with Gasteiger partial charge in [0.1, 0.15) is 0 Å². The molecular weight excluding hydrogens is 783 g/mol. The van der Waals surface area contributed by atoms with Gasteiger partial charge in [-0.1, -0.05) is 248 Å². The topological polar surface area (TPSA) is 3.24 Å². The highest BCUT2D eigenvalue weighted by Gasteiger charge is 2.27. The number of hydrogen-bond acceptors (Lipinski definition) is 1. The fourth-order valence-electron chi connectivity index (χ4n) is 9.59. The van der Waals surface area contributed by atoms with Crippen LogP contribution in [0.2, 0.25) is 0 Å².